The van der Waals surface area contributed by atoms with Crippen molar-refractivity contribution in [2.24, 2.45) is 5.73 Å². The number of aliphatic hydroxyl groups is 1. The van der Waals surface area contributed by atoms with Crippen LogP contribution in [0.4, 0.5) is 0 Å². The minimum atomic E-state index is -0.945. The molecule has 4 nitrogen and oxygen atoms in total. The van der Waals surface area contributed by atoms with Gasteiger partial charge >= 0.3 is 6.92 Å². The Bertz CT molecular complexity index is 457. The molecule has 0 aromatic heterocycles. The normalized spacial score (nSPS) is 18.7. The molecule has 0 amide bonds. The molecule has 4 N–H and O–H groups in total. The topological polar surface area (TPSA) is 79.3 Å². The van der Waals surface area contributed by atoms with Gasteiger partial charge in [0.2, 0.25) is 0 Å². The monoisotopic (exact) mass is 262 g/mol. The molecule has 0 bridgehead atoms. The third kappa shape index (κ3) is 3.58. The van der Waals surface area contributed by atoms with Crippen LogP contribution >= 0.6 is 0 Å². The summed E-state index contributed by atoms with van der Waals surface area (Å²) in [7, 11) is 0. The highest BCUT2D eigenvalue weighted by Gasteiger charge is 2.38. The van der Waals surface area contributed by atoms with Gasteiger partial charge in [0.05, 0.1) is 16.9 Å². The molecule has 0 atom stereocenters. The Kier molecular flexibility index (Phi) is 4.43. The number of rotatable bonds is 4. The van der Waals surface area contributed by atoms with Gasteiger partial charge < -0.3 is 20.9 Å². The van der Waals surface area contributed by atoms with Gasteiger partial charge in [-0.2, -0.15) is 0 Å². The molecule has 104 valence electrons. The zero-order chi connectivity index (χ0) is 14.8. The maximum absolute atomic E-state index is 10.1. The molecule has 0 spiro atoms. The zero-order valence-electron chi connectivity index (χ0n) is 12.3. The third-order valence-electron chi connectivity index (χ3n) is 3.67. The van der Waals surface area contributed by atoms with Crippen molar-refractivity contribution in [2.45, 2.75) is 45.7 Å². The van der Waals surface area contributed by atoms with E-state index in [1.54, 1.807) is 19.9 Å². The number of hydrogen-bond acceptors (Lipinski definition) is 4. The number of nitrogens with one attached hydrogen (secondary N) is 1. The Morgan fingerprint density at radius 3 is 2.37 bits per heavy atom. The van der Waals surface area contributed by atoms with Crippen LogP contribution in [0.1, 0.15) is 27.7 Å². The highest BCUT2D eigenvalue weighted by atomic mass is 16.5. The lowest BCUT2D eigenvalue weighted by atomic mass is 9.60. The first kappa shape index (κ1) is 15.7. The maximum Gasteiger partial charge on any atom is 0.324 e. The quantitative estimate of drug-likeness (QED) is 0.678. The molecule has 0 aromatic carbocycles. The van der Waals surface area contributed by atoms with Crippen molar-refractivity contribution < 1.29 is 9.76 Å². The van der Waals surface area contributed by atoms with E-state index in [-0.39, 0.29) is 6.92 Å². The van der Waals surface area contributed by atoms with Crippen molar-refractivity contribution in [3.8, 4) is 0 Å². The van der Waals surface area contributed by atoms with Gasteiger partial charge in [0, 0.05) is 11.8 Å². The molecule has 0 aliphatic heterocycles. The van der Waals surface area contributed by atoms with E-state index in [2.05, 4.69) is 0 Å². The highest BCUT2D eigenvalue weighted by molar-refractivity contribution is 6.60. The molecule has 0 aromatic rings. The van der Waals surface area contributed by atoms with Crippen LogP contribution < -0.4 is 5.73 Å². The van der Waals surface area contributed by atoms with E-state index in [0.717, 1.165) is 5.47 Å². The van der Waals surface area contributed by atoms with Crippen molar-refractivity contribution in [3.05, 3.63) is 35.5 Å². The van der Waals surface area contributed by atoms with Gasteiger partial charge in [-0.1, -0.05) is 19.0 Å². The molecule has 1 aliphatic carbocycles. The SMILES string of the molecule is CB(OC(C)(C)C(C)(C)O)C1=C/C(=C/N)C(=N)C=C1. The summed E-state index contributed by atoms with van der Waals surface area (Å²) in [5.41, 5.74) is 5.86. The Labute approximate surface area is 115 Å². The number of hydrogen-bond donors (Lipinski definition) is 3. The largest absolute Gasteiger partial charge is 0.423 e. The van der Waals surface area contributed by atoms with E-state index < -0.39 is 11.2 Å². The second-order valence-corrected chi connectivity index (χ2v) is 5.84. The van der Waals surface area contributed by atoms with Crippen molar-refractivity contribution in [1.29, 1.82) is 5.41 Å². The van der Waals surface area contributed by atoms with Crippen LogP contribution in [0.5, 0.6) is 0 Å². The van der Waals surface area contributed by atoms with Gasteiger partial charge in [-0.25, -0.2) is 0 Å². The summed E-state index contributed by atoms with van der Waals surface area (Å²) < 4.78 is 5.96. The lowest BCUT2D eigenvalue weighted by molar-refractivity contribution is -0.0921. The molecule has 0 saturated carbocycles. The zero-order valence-corrected chi connectivity index (χ0v) is 12.3. The van der Waals surface area contributed by atoms with Crippen LogP contribution in [-0.4, -0.2) is 28.9 Å². The van der Waals surface area contributed by atoms with Crippen LogP contribution in [0.3, 0.4) is 0 Å². The molecular formula is C14H23BN2O2. The fraction of sp³-hybridized carbons (Fsp3) is 0.500. The van der Waals surface area contributed by atoms with E-state index in [1.165, 1.54) is 6.20 Å². The van der Waals surface area contributed by atoms with E-state index in [0.29, 0.717) is 11.3 Å². The molecule has 0 radical (unpaired) electrons. The van der Waals surface area contributed by atoms with Crippen LogP contribution in [0.2, 0.25) is 6.82 Å². The van der Waals surface area contributed by atoms with E-state index in [1.807, 2.05) is 32.8 Å². The predicted octanol–water partition coefficient (Wildman–Crippen LogP) is 2.07. The summed E-state index contributed by atoms with van der Waals surface area (Å²) in [5.74, 6) is 0. The van der Waals surface area contributed by atoms with Gasteiger partial charge in [0.15, 0.2) is 0 Å². The van der Waals surface area contributed by atoms with Crippen LogP contribution in [0.15, 0.2) is 35.5 Å². The Morgan fingerprint density at radius 2 is 1.89 bits per heavy atom. The fourth-order valence-corrected chi connectivity index (χ4v) is 1.63. The first-order valence-electron chi connectivity index (χ1n) is 6.39. The molecular weight excluding hydrogens is 239 g/mol. The first-order chi connectivity index (χ1) is 8.58. The highest BCUT2D eigenvalue weighted by Crippen LogP contribution is 2.28. The molecule has 0 heterocycles. The average Bonchev–Trinajstić information content (AvgIpc) is 2.27. The van der Waals surface area contributed by atoms with E-state index >= 15 is 0 Å². The summed E-state index contributed by atoms with van der Waals surface area (Å²) in [6.45, 7) is 8.90. The summed E-state index contributed by atoms with van der Waals surface area (Å²) in [6.07, 6.45) is 6.80. The summed E-state index contributed by atoms with van der Waals surface area (Å²) in [6, 6.07) is 0. The van der Waals surface area contributed by atoms with Gasteiger partial charge in [-0.05, 0) is 39.2 Å². The van der Waals surface area contributed by atoms with E-state index in [4.69, 9.17) is 15.8 Å². The molecule has 0 unspecified atom stereocenters. The van der Waals surface area contributed by atoms with Crippen molar-refractivity contribution >= 4 is 12.6 Å². The Hall–Kier alpha value is -1.33. The first-order valence-corrected chi connectivity index (χ1v) is 6.39. The third-order valence-corrected chi connectivity index (χ3v) is 3.67. The smallest absolute Gasteiger partial charge is 0.324 e. The Morgan fingerprint density at radius 1 is 1.32 bits per heavy atom. The van der Waals surface area contributed by atoms with Crippen LogP contribution in [0, 0.1) is 5.41 Å². The lowest BCUT2D eigenvalue weighted by Crippen LogP contribution is -2.50. The minimum absolute atomic E-state index is 0.194. The van der Waals surface area contributed by atoms with Gasteiger partial charge in [0.1, 0.15) is 0 Å². The fourth-order valence-electron chi connectivity index (χ4n) is 1.63. The standard InChI is InChI=1S/C14H23BN2O2/c1-13(2,18)14(3,4)19-15(5)11-6-7-12(17)10(8-11)9-16/h6-9,17-18H,16H2,1-5H3/b10-9-,17-12?. The Balaban J connectivity index is 2.89. The molecule has 5 heteroatoms. The molecule has 1 rings (SSSR count). The summed E-state index contributed by atoms with van der Waals surface area (Å²) >= 11 is 0. The molecule has 1 aliphatic rings. The summed E-state index contributed by atoms with van der Waals surface area (Å²) in [5, 5.41) is 17.8. The second-order valence-electron chi connectivity index (χ2n) is 5.84. The lowest BCUT2D eigenvalue weighted by Gasteiger charge is -2.39. The second kappa shape index (κ2) is 5.35. The molecule has 0 fully saturated rings. The van der Waals surface area contributed by atoms with Gasteiger partial charge in [0.25, 0.3) is 0 Å². The van der Waals surface area contributed by atoms with Gasteiger partial charge in [-0.15, -0.1) is 0 Å². The van der Waals surface area contributed by atoms with Crippen molar-refractivity contribution in [1.82, 2.24) is 0 Å². The maximum atomic E-state index is 10.1. The molecule has 0 saturated heterocycles. The number of nitrogens with two attached hydrogens (primary N) is 1. The summed E-state index contributed by atoms with van der Waals surface area (Å²) in [4.78, 5) is 0. The van der Waals surface area contributed by atoms with Crippen LogP contribution in [-0.2, 0) is 4.65 Å². The molecule has 19 heavy (non-hydrogen) atoms. The average molecular weight is 262 g/mol. The minimum Gasteiger partial charge on any atom is -0.423 e. The number of allylic oxidation sites excluding steroid dienone is 5. The van der Waals surface area contributed by atoms with Crippen molar-refractivity contribution in [3.63, 3.8) is 0 Å². The van der Waals surface area contributed by atoms with E-state index in [9.17, 15) is 5.11 Å². The van der Waals surface area contributed by atoms with Gasteiger partial charge in [-0.3, -0.25) is 0 Å². The predicted molar refractivity (Wildman–Crippen MR) is 80.3 cm³/mol. The van der Waals surface area contributed by atoms with Crippen molar-refractivity contribution in [2.75, 3.05) is 0 Å². The van der Waals surface area contributed by atoms with Crippen LogP contribution in [0.25, 0.3) is 0 Å².